The molecule has 0 radical (unpaired) electrons. The van der Waals surface area contributed by atoms with E-state index < -0.39 is 0 Å². The summed E-state index contributed by atoms with van der Waals surface area (Å²) < 4.78 is 0. The van der Waals surface area contributed by atoms with Crippen LogP contribution in [-0.4, -0.2) is 31.0 Å². The molecule has 1 fully saturated rings. The summed E-state index contributed by atoms with van der Waals surface area (Å²) >= 11 is 0. The number of carbonyl (C=O) groups is 1. The predicted octanol–water partition coefficient (Wildman–Crippen LogP) is -0.0306. The summed E-state index contributed by atoms with van der Waals surface area (Å²) in [6.45, 7) is 3.32. The van der Waals surface area contributed by atoms with Crippen molar-refractivity contribution in [2.75, 3.05) is 13.1 Å². The second-order valence-corrected chi connectivity index (χ2v) is 3.79. The van der Waals surface area contributed by atoms with Crippen molar-refractivity contribution in [3.05, 3.63) is 0 Å². The van der Waals surface area contributed by atoms with Crippen molar-refractivity contribution in [1.82, 2.24) is 10.6 Å². The van der Waals surface area contributed by atoms with Crippen molar-refractivity contribution < 1.29 is 4.79 Å². The van der Waals surface area contributed by atoms with E-state index in [0.29, 0.717) is 25.0 Å². The van der Waals surface area contributed by atoms with Gasteiger partial charge >= 0.3 is 0 Å². The normalized spacial score (nSPS) is 16.2. The molecule has 0 spiro atoms. The number of guanidine groups is 1. The molecule has 1 aliphatic carbocycles. The highest BCUT2D eigenvalue weighted by Gasteiger charge is 2.22. The fraction of sp³-hybridized carbons (Fsp3) is 0.800. The number of rotatable bonds is 6. The number of amides is 1. The molecule has 0 bridgehead atoms. The van der Waals surface area contributed by atoms with E-state index >= 15 is 0 Å². The van der Waals surface area contributed by atoms with Gasteiger partial charge in [-0.2, -0.15) is 0 Å². The van der Waals surface area contributed by atoms with Gasteiger partial charge in [-0.15, -0.1) is 0 Å². The molecule has 0 aromatic carbocycles. The highest BCUT2D eigenvalue weighted by Crippen LogP contribution is 2.18. The lowest BCUT2D eigenvalue weighted by Crippen LogP contribution is -2.35. The highest BCUT2D eigenvalue weighted by molar-refractivity contribution is 5.80. The molecular formula is C10H20N4O. The number of aliphatic imine (C=N–C) groups is 1. The molecule has 86 valence electrons. The van der Waals surface area contributed by atoms with E-state index in [-0.39, 0.29) is 5.91 Å². The van der Waals surface area contributed by atoms with Crippen LogP contribution in [0.25, 0.3) is 0 Å². The fourth-order valence-electron chi connectivity index (χ4n) is 1.12. The first kappa shape index (κ1) is 11.8. The molecular weight excluding hydrogens is 192 g/mol. The average molecular weight is 212 g/mol. The average Bonchev–Trinajstić information content (AvgIpc) is 2.98. The van der Waals surface area contributed by atoms with Crippen LogP contribution in [0.1, 0.15) is 32.6 Å². The Morgan fingerprint density at radius 3 is 2.87 bits per heavy atom. The molecule has 5 nitrogen and oxygen atoms in total. The van der Waals surface area contributed by atoms with Crippen LogP contribution in [0.15, 0.2) is 4.99 Å². The van der Waals surface area contributed by atoms with Crippen LogP contribution >= 0.6 is 0 Å². The summed E-state index contributed by atoms with van der Waals surface area (Å²) in [5.74, 6) is 0.518. The lowest BCUT2D eigenvalue weighted by molar-refractivity contribution is -0.121. The minimum atomic E-state index is 0.0910. The first-order valence-corrected chi connectivity index (χ1v) is 5.55. The van der Waals surface area contributed by atoms with Gasteiger partial charge in [0.2, 0.25) is 5.91 Å². The van der Waals surface area contributed by atoms with E-state index in [4.69, 9.17) is 5.73 Å². The largest absolute Gasteiger partial charge is 0.370 e. The van der Waals surface area contributed by atoms with Crippen LogP contribution < -0.4 is 16.4 Å². The number of nitrogens with one attached hydrogen (secondary N) is 2. The van der Waals surface area contributed by atoms with Crippen molar-refractivity contribution >= 4 is 11.9 Å². The van der Waals surface area contributed by atoms with Crippen LogP contribution in [-0.2, 0) is 4.79 Å². The monoisotopic (exact) mass is 212 g/mol. The summed E-state index contributed by atoms with van der Waals surface area (Å²) in [6, 6.07) is 0.434. The molecule has 5 heteroatoms. The van der Waals surface area contributed by atoms with Crippen LogP contribution in [0.5, 0.6) is 0 Å². The van der Waals surface area contributed by atoms with Crippen molar-refractivity contribution in [2.45, 2.75) is 38.6 Å². The molecule has 0 saturated heterocycles. The summed E-state index contributed by atoms with van der Waals surface area (Å²) in [7, 11) is 0. The molecule has 1 aliphatic rings. The molecule has 0 aromatic heterocycles. The predicted molar refractivity (Wildman–Crippen MR) is 60.6 cm³/mol. The van der Waals surface area contributed by atoms with Crippen molar-refractivity contribution in [1.29, 1.82) is 0 Å². The van der Waals surface area contributed by atoms with Crippen molar-refractivity contribution in [2.24, 2.45) is 10.7 Å². The number of nitrogens with two attached hydrogens (primary N) is 1. The third-order valence-electron chi connectivity index (χ3n) is 2.11. The number of hydrogen-bond donors (Lipinski definition) is 3. The summed E-state index contributed by atoms with van der Waals surface area (Å²) in [5.41, 5.74) is 5.57. The maximum atomic E-state index is 11.3. The summed E-state index contributed by atoms with van der Waals surface area (Å²) in [4.78, 5) is 15.3. The second-order valence-electron chi connectivity index (χ2n) is 3.79. The van der Waals surface area contributed by atoms with E-state index in [1.807, 2.05) is 6.92 Å². The number of carbonyl (C=O) groups excluding carboxylic acids is 1. The van der Waals surface area contributed by atoms with E-state index in [0.717, 1.165) is 25.8 Å². The minimum Gasteiger partial charge on any atom is -0.370 e. The Morgan fingerprint density at radius 1 is 1.53 bits per heavy atom. The fourth-order valence-corrected chi connectivity index (χ4v) is 1.12. The van der Waals surface area contributed by atoms with Crippen molar-refractivity contribution in [3.8, 4) is 0 Å². The Bertz CT molecular complexity index is 236. The summed E-state index contributed by atoms with van der Waals surface area (Å²) in [6.07, 6.45) is 3.68. The van der Waals surface area contributed by atoms with Gasteiger partial charge in [0.1, 0.15) is 0 Å². The molecule has 4 N–H and O–H groups in total. The maximum Gasteiger partial charge on any atom is 0.221 e. The van der Waals surface area contributed by atoms with Gasteiger partial charge in [-0.05, 0) is 19.3 Å². The van der Waals surface area contributed by atoms with Crippen LogP contribution in [0.3, 0.4) is 0 Å². The number of hydrogen-bond acceptors (Lipinski definition) is 2. The zero-order valence-electron chi connectivity index (χ0n) is 9.25. The van der Waals surface area contributed by atoms with Gasteiger partial charge in [-0.3, -0.25) is 9.79 Å². The second kappa shape index (κ2) is 6.27. The lowest BCUT2D eigenvalue weighted by atomic mass is 10.4. The molecule has 0 unspecified atom stereocenters. The van der Waals surface area contributed by atoms with Crippen LogP contribution in [0, 0.1) is 0 Å². The molecule has 1 amide bonds. The van der Waals surface area contributed by atoms with Gasteiger partial charge < -0.3 is 16.4 Å². The SMILES string of the molecule is CCCN=C(N)NCCC(=O)NC1CC1. The molecule has 0 heterocycles. The van der Waals surface area contributed by atoms with Gasteiger partial charge in [-0.1, -0.05) is 6.92 Å². The van der Waals surface area contributed by atoms with Crippen LogP contribution in [0.4, 0.5) is 0 Å². The lowest BCUT2D eigenvalue weighted by Gasteiger charge is -2.05. The zero-order valence-corrected chi connectivity index (χ0v) is 9.25. The molecule has 0 aromatic rings. The highest BCUT2D eigenvalue weighted by atomic mass is 16.1. The standard InChI is InChI=1S/C10H20N4O/c1-2-6-12-10(11)13-7-5-9(15)14-8-3-4-8/h8H,2-7H2,1H3,(H,14,15)(H3,11,12,13). The van der Waals surface area contributed by atoms with Gasteiger partial charge in [0.05, 0.1) is 0 Å². The van der Waals surface area contributed by atoms with Crippen molar-refractivity contribution in [3.63, 3.8) is 0 Å². The Kier molecular flexibility index (Phi) is 4.93. The minimum absolute atomic E-state index is 0.0910. The first-order chi connectivity index (χ1) is 7.22. The van der Waals surface area contributed by atoms with Gasteiger partial charge in [0.15, 0.2) is 5.96 Å². The first-order valence-electron chi connectivity index (χ1n) is 5.55. The summed E-state index contributed by atoms with van der Waals surface area (Å²) in [5, 5.41) is 5.82. The molecule has 0 aliphatic heterocycles. The topological polar surface area (TPSA) is 79.5 Å². The molecule has 0 atom stereocenters. The molecule has 1 saturated carbocycles. The van der Waals surface area contributed by atoms with E-state index in [9.17, 15) is 4.79 Å². The molecule has 15 heavy (non-hydrogen) atoms. The Hall–Kier alpha value is -1.26. The Balaban J connectivity index is 2.01. The third-order valence-corrected chi connectivity index (χ3v) is 2.11. The van der Waals surface area contributed by atoms with Gasteiger partial charge in [0, 0.05) is 25.6 Å². The van der Waals surface area contributed by atoms with E-state index in [2.05, 4.69) is 15.6 Å². The Morgan fingerprint density at radius 2 is 2.27 bits per heavy atom. The third kappa shape index (κ3) is 5.93. The van der Waals surface area contributed by atoms with E-state index in [1.165, 1.54) is 0 Å². The molecule has 1 rings (SSSR count). The number of nitrogens with zero attached hydrogens (tertiary/aromatic N) is 1. The van der Waals surface area contributed by atoms with Gasteiger partial charge in [-0.25, -0.2) is 0 Å². The Labute approximate surface area is 90.5 Å². The van der Waals surface area contributed by atoms with E-state index in [1.54, 1.807) is 0 Å². The van der Waals surface area contributed by atoms with Gasteiger partial charge in [0.25, 0.3) is 0 Å². The van der Waals surface area contributed by atoms with Crippen LogP contribution in [0.2, 0.25) is 0 Å². The maximum absolute atomic E-state index is 11.3. The smallest absolute Gasteiger partial charge is 0.221 e. The zero-order chi connectivity index (χ0) is 11.1. The quantitative estimate of drug-likeness (QED) is 0.427.